The number of hydrogen-bond acceptors (Lipinski definition) is 7. The Morgan fingerprint density at radius 2 is 2.03 bits per heavy atom. The van der Waals surface area contributed by atoms with Crippen LogP contribution in [-0.2, 0) is 0 Å². The van der Waals surface area contributed by atoms with Crippen molar-refractivity contribution < 1.29 is 14.8 Å². The first kappa shape index (κ1) is 18.1. The lowest BCUT2D eigenvalue weighted by atomic mass is 9.84. The molecule has 0 bridgehead atoms. The summed E-state index contributed by atoms with van der Waals surface area (Å²) < 4.78 is 7.32. The molecule has 0 spiro atoms. The van der Waals surface area contributed by atoms with Crippen molar-refractivity contribution in [1.29, 1.82) is 5.26 Å². The van der Waals surface area contributed by atoms with Crippen LogP contribution in [0.2, 0.25) is 0 Å². The molecule has 3 aromatic rings. The number of nitriles is 1. The molecule has 1 atom stereocenters. The Kier molecular flexibility index (Phi) is 4.16. The summed E-state index contributed by atoms with van der Waals surface area (Å²) in [4.78, 5) is 10.6. The van der Waals surface area contributed by atoms with Gasteiger partial charge in [-0.2, -0.15) is 10.4 Å². The maximum Gasteiger partial charge on any atom is 0.311 e. The minimum absolute atomic E-state index is 0.0993. The Balaban J connectivity index is 1.97. The fourth-order valence-electron chi connectivity index (χ4n) is 3.46. The molecule has 1 aliphatic heterocycles. The molecule has 3 N–H and O–H groups in total. The van der Waals surface area contributed by atoms with Gasteiger partial charge in [0.05, 0.1) is 27.8 Å². The molecule has 0 fully saturated rings. The summed E-state index contributed by atoms with van der Waals surface area (Å²) in [6, 6.07) is 15.3. The van der Waals surface area contributed by atoms with Gasteiger partial charge >= 0.3 is 5.69 Å². The number of rotatable bonds is 3. The standard InChI is InChI=1S/C20H15N5O4/c1-11-17-18(12-7-8-16(26)15(9-12)25(27)28)14(10-21)19(22)29-20(17)24(23-11)13-5-3-2-4-6-13/h2-9,18,26H,22H2,1H3. The largest absolute Gasteiger partial charge is 0.502 e. The smallest absolute Gasteiger partial charge is 0.311 e. The second-order valence-corrected chi connectivity index (χ2v) is 6.48. The van der Waals surface area contributed by atoms with Crippen LogP contribution in [0.1, 0.15) is 22.7 Å². The molecule has 0 saturated carbocycles. The Hall–Kier alpha value is -4.32. The normalized spacial score (nSPS) is 15.4. The first-order chi connectivity index (χ1) is 13.9. The highest BCUT2D eigenvalue weighted by Crippen LogP contribution is 2.45. The highest BCUT2D eigenvalue weighted by Gasteiger charge is 2.37. The number of hydrogen-bond donors (Lipinski definition) is 2. The van der Waals surface area contributed by atoms with Crippen LogP contribution in [0.25, 0.3) is 5.69 Å². The van der Waals surface area contributed by atoms with Crippen LogP contribution in [0, 0.1) is 28.4 Å². The summed E-state index contributed by atoms with van der Waals surface area (Å²) in [5, 5.41) is 35.3. The van der Waals surface area contributed by atoms with E-state index in [4.69, 9.17) is 10.5 Å². The van der Waals surface area contributed by atoms with E-state index in [2.05, 4.69) is 5.10 Å². The van der Waals surface area contributed by atoms with Crippen molar-refractivity contribution in [3.8, 4) is 23.4 Å². The Labute approximate surface area is 165 Å². The molecular formula is C20H15N5O4. The lowest BCUT2D eigenvalue weighted by Gasteiger charge is -2.24. The molecule has 1 aromatic heterocycles. The molecule has 4 rings (SSSR count). The second kappa shape index (κ2) is 6.69. The van der Waals surface area contributed by atoms with Crippen molar-refractivity contribution in [3.05, 3.63) is 86.9 Å². The predicted molar refractivity (Wildman–Crippen MR) is 102 cm³/mol. The second-order valence-electron chi connectivity index (χ2n) is 6.48. The number of fused-ring (bicyclic) bond motifs is 1. The van der Waals surface area contributed by atoms with Gasteiger partial charge in [-0.1, -0.05) is 24.3 Å². The summed E-state index contributed by atoms with van der Waals surface area (Å²) in [6.07, 6.45) is 0. The lowest BCUT2D eigenvalue weighted by molar-refractivity contribution is -0.385. The van der Waals surface area contributed by atoms with Gasteiger partial charge in [-0.25, -0.2) is 4.68 Å². The van der Waals surface area contributed by atoms with Crippen molar-refractivity contribution >= 4 is 5.69 Å². The van der Waals surface area contributed by atoms with Gasteiger partial charge in [-0.15, -0.1) is 0 Å². The third-order valence-electron chi connectivity index (χ3n) is 4.76. The minimum atomic E-state index is -0.722. The Bertz CT molecular complexity index is 1210. The molecule has 0 amide bonds. The molecule has 0 saturated heterocycles. The summed E-state index contributed by atoms with van der Waals surface area (Å²) >= 11 is 0. The van der Waals surface area contributed by atoms with E-state index in [1.165, 1.54) is 18.2 Å². The van der Waals surface area contributed by atoms with Crippen molar-refractivity contribution in [2.75, 3.05) is 0 Å². The van der Waals surface area contributed by atoms with Gasteiger partial charge in [0.15, 0.2) is 5.75 Å². The molecule has 2 aromatic carbocycles. The third-order valence-corrected chi connectivity index (χ3v) is 4.76. The van der Waals surface area contributed by atoms with Crippen LogP contribution < -0.4 is 10.5 Å². The van der Waals surface area contributed by atoms with Gasteiger partial charge < -0.3 is 15.6 Å². The first-order valence-electron chi connectivity index (χ1n) is 8.62. The SMILES string of the molecule is Cc1nn(-c2ccccc2)c2c1C(c1ccc(O)c([N+](=O)[O-])c1)C(C#N)=C(N)O2. The molecule has 0 aliphatic carbocycles. The van der Waals surface area contributed by atoms with Crippen LogP contribution in [0.5, 0.6) is 11.6 Å². The summed E-state index contributed by atoms with van der Waals surface area (Å²) in [5.74, 6) is -0.942. The number of nitrogens with zero attached hydrogens (tertiary/aromatic N) is 4. The zero-order chi connectivity index (χ0) is 20.7. The van der Waals surface area contributed by atoms with Crippen LogP contribution in [0.15, 0.2) is 60.0 Å². The van der Waals surface area contributed by atoms with E-state index in [0.29, 0.717) is 22.7 Å². The Morgan fingerprint density at radius 3 is 2.69 bits per heavy atom. The molecule has 1 aliphatic rings. The number of phenols is 1. The van der Waals surface area contributed by atoms with E-state index in [1.54, 1.807) is 11.6 Å². The molecule has 9 heteroatoms. The maximum absolute atomic E-state index is 11.3. The maximum atomic E-state index is 11.3. The van der Waals surface area contributed by atoms with E-state index in [0.717, 1.165) is 5.69 Å². The summed E-state index contributed by atoms with van der Waals surface area (Å²) in [5.41, 5.74) is 8.02. The topological polar surface area (TPSA) is 140 Å². The number of aryl methyl sites for hydroxylation is 1. The number of para-hydroxylation sites is 1. The van der Waals surface area contributed by atoms with E-state index >= 15 is 0 Å². The predicted octanol–water partition coefficient (Wildman–Crippen LogP) is 3.01. The third kappa shape index (κ3) is 2.83. The summed E-state index contributed by atoms with van der Waals surface area (Å²) in [7, 11) is 0. The van der Waals surface area contributed by atoms with Crippen molar-refractivity contribution in [2.45, 2.75) is 12.8 Å². The quantitative estimate of drug-likeness (QED) is 0.518. The van der Waals surface area contributed by atoms with Crippen molar-refractivity contribution in [1.82, 2.24) is 9.78 Å². The van der Waals surface area contributed by atoms with Crippen LogP contribution in [0.3, 0.4) is 0 Å². The highest BCUT2D eigenvalue weighted by atomic mass is 16.6. The molecule has 29 heavy (non-hydrogen) atoms. The number of nitro groups is 1. The average Bonchev–Trinajstić information content (AvgIpc) is 3.04. The van der Waals surface area contributed by atoms with Crippen LogP contribution >= 0.6 is 0 Å². The number of allylic oxidation sites excluding steroid dienone is 1. The van der Waals surface area contributed by atoms with Gasteiger partial charge in [0, 0.05) is 6.07 Å². The first-order valence-corrected chi connectivity index (χ1v) is 8.62. The van der Waals surface area contributed by atoms with Crippen molar-refractivity contribution in [3.63, 3.8) is 0 Å². The number of phenolic OH excluding ortho intramolecular Hbond substituents is 1. The van der Waals surface area contributed by atoms with Gasteiger partial charge in [0.25, 0.3) is 0 Å². The van der Waals surface area contributed by atoms with Gasteiger partial charge in [0.2, 0.25) is 11.8 Å². The number of aromatic hydroxyl groups is 1. The zero-order valence-corrected chi connectivity index (χ0v) is 15.2. The zero-order valence-electron chi connectivity index (χ0n) is 15.2. The number of nitrogens with two attached hydrogens (primary N) is 1. The number of nitro benzene ring substituents is 1. The van der Waals surface area contributed by atoms with Gasteiger partial charge in [-0.05, 0) is 30.7 Å². The van der Waals surface area contributed by atoms with Crippen molar-refractivity contribution in [2.24, 2.45) is 5.73 Å². The average molecular weight is 389 g/mol. The number of aromatic nitrogens is 2. The fraction of sp³-hybridized carbons (Fsp3) is 0.100. The summed E-state index contributed by atoms with van der Waals surface area (Å²) in [6.45, 7) is 1.76. The minimum Gasteiger partial charge on any atom is -0.502 e. The van der Waals surface area contributed by atoms with E-state index in [9.17, 15) is 20.5 Å². The number of benzene rings is 2. The highest BCUT2D eigenvalue weighted by molar-refractivity contribution is 5.60. The van der Waals surface area contributed by atoms with E-state index < -0.39 is 22.3 Å². The monoisotopic (exact) mass is 389 g/mol. The van der Waals surface area contributed by atoms with Crippen LogP contribution in [0.4, 0.5) is 5.69 Å². The van der Waals surface area contributed by atoms with E-state index in [-0.39, 0.29) is 11.5 Å². The molecule has 9 nitrogen and oxygen atoms in total. The van der Waals surface area contributed by atoms with Gasteiger partial charge in [-0.3, -0.25) is 10.1 Å². The molecule has 144 valence electrons. The van der Waals surface area contributed by atoms with Gasteiger partial charge in [0.1, 0.15) is 11.6 Å². The number of ether oxygens (including phenoxy) is 1. The molecule has 2 heterocycles. The molecular weight excluding hydrogens is 374 g/mol. The lowest BCUT2D eigenvalue weighted by Crippen LogP contribution is -2.22. The molecule has 0 radical (unpaired) electrons. The Morgan fingerprint density at radius 1 is 1.31 bits per heavy atom. The van der Waals surface area contributed by atoms with E-state index in [1.807, 2.05) is 36.4 Å². The fourth-order valence-corrected chi connectivity index (χ4v) is 3.46. The molecule has 1 unspecified atom stereocenters. The van der Waals surface area contributed by atoms with Crippen LogP contribution in [-0.4, -0.2) is 19.8 Å².